The number of carbonyl (C=O) groups excluding carboxylic acids is 7. The van der Waals surface area contributed by atoms with E-state index in [1.54, 1.807) is 12.1 Å². The lowest BCUT2D eigenvalue weighted by Gasteiger charge is -2.49. The van der Waals surface area contributed by atoms with Gasteiger partial charge in [-0.1, -0.05) is 36.4 Å². The van der Waals surface area contributed by atoms with Crippen LogP contribution < -0.4 is 37.2 Å². The van der Waals surface area contributed by atoms with Crippen LogP contribution in [0.1, 0.15) is 85.5 Å². The third-order valence-electron chi connectivity index (χ3n) is 10.3. The molecule has 12 atom stereocenters. The summed E-state index contributed by atoms with van der Waals surface area (Å²) in [7, 11) is 0. The van der Waals surface area contributed by atoms with Gasteiger partial charge in [-0.25, -0.2) is 4.79 Å². The van der Waals surface area contributed by atoms with Crippen molar-refractivity contribution in [2.75, 3.05) is 19.8 Å². The smallest absolute Gasteiger partial charge is 0.326 e. The molecular formula is C43H63N7O16. The molecule has 3 rings (SSSR count). The number of benzene rings is 1. The Bertz CT molecular complexity index is 1870. The molecule has 2 fully saturated rings. The van der Waals surface area contributed by atoms with Crippen molar-refractivity contribution >= 4 is 53.3 Å². The molecule has 366 valence electrons. The Morgan fingerprint density at radius 1 is 0.758 bits per heavy atom. The summed E-state index contributed by atoms with van der Waals surface area (Å²) < 4.78 is 30.5. The van der Waals surface area contributed by atoms with Crippen molar-refractivity contribution < 1.29 is 77.0 Å². The molecule has 2 saturated heterocycles. The average molecular weight is 934 g/mol. The first-order chi connectivity index (χ1) is 31.2. The molecule has 2 aliphatic rings. The van der Waals surface area contributed by atoms with Crippen molar-refractivity contribution in [3.63, 3.8) is 0 Å². The number of carbonyl (C=O) groups is 9. The van der Waals surface area contributed by atoms with Crippen molar-refractivity contribution in [3.05, 3.63) is 48.6 Å². The molecule has 1 unspecified atom stereocenters. The highest BCUT2D eigenvalue weighted by atomic mass is 16.8. The van der Waals surface area contributed by atoms with E-state index in [2.05, 4.69) is 43.8 Å². The van der Waals surface area contributed by atoms with Crippen molar-refractivity contribution in [1.29, 1.82) is 0 Å². The number of carboxylic acids is 2. The minimum absolute atomic E-state index is 0.0441. The molecule has 1 aromatic carbocycles. The van der Waals surface area contributed by atoms with Gasteiger partial charge in [0.1, 0.15) is 60.7 Å². The maximum atomic E-state index is 13.6. The molecular weight excluding hydrogens is 871 g/mol. The summed E-state index contributed by atoms with van der Waals surface area (Å²) in [5, 5.41) is 36.4. The van der Waals surface area contributed by atoms with E-state index < -0.39 is 133 Å². The van der Waals surface area contributed by atoms with Crippen LogP contribution in [-0.4, -0.2) is 150 Å². The minimum atomic E-state index is -1.62. The fraction of sp³-hybridized carbons (Fsp3) is 0.605. The fourth-order valence-corrected chi connectivity index (χ4v) is 6.78. The number of fused-ring (bicyclic) bond motifs is 1. The second-order valence-electron chi connectivity index (χ2n) is 15.9. The Hall–Kier alpha value is -6.01. The number of hydrogen-bond acceptors (Lipinski definition) is 14. The Balaban J connectivity index is 1.65. The number of aliphatic carboxylic acids is 2. The van der Waals surface area contributed by atoms with Crippen LogP contribution in [0.15, 0.2) is 43.0 Å². The first kappa shape index (κ1) is 54.3. The minimum Gasteiger partial charge on any atom is -0.480 e. The number of hydrogen-bond donors (Lipinski definition) is 9. The van der Waals surface area contributed by atoms with E-state index in [-0.39, 0.29) is 32.1 Å². The number of amides is 7. The second-order valence-corrected chi connectivity index (χ2v) is 15.9. The molecule has 7 amide bonds. The lowest BCUT2D eigenvalue weighted by Crippen LogP contribution is -2.68. The Kier molecular flexibility index (Phi) is 22.1. The van der Waals surface area contributed by atoms with E-state index in [0.717, 1.165) is 0 Å². The topological polar surface area (TPSA) is 324 Å². The summed E-state index contributed by atoms with van der Waals surface area (Å²) in [5.41, 5.74) is 0.698. The molecule has 1 aromatic rings. The van der Waals surface area contributed by atoms with Gasteiger partial charge in [0.05, 0.1) is 13.2 Å². The van der Waals surface area contributed by atoms with Crippen LogP contribution in [0, 0.1) is 0 Å². The van der Waals surface area contributed by atoms with Gasteiger partial charge in [0.15, 0.2) is 12.6 Å². The molecule has 2 aliphatic heterocycles. The van der Waals surface area contributed by atoms with E-state index >= 15 is 0 Å². The lowest BCUT2D eigenvalue weighted by molar-refractivity contribution is -0.349. The standard InChI is InChI=1S/C43H63N7O16/c1-8-20-62-43-33(48-27(7)52)35(34-31(65-43)21-63-42(66-34)28-14-10-9-11-15-28)64-25(5)38(56)45-23(3)37(55)50-30(41(60)61)17-18-32(53)49-29(16-12-13-19-44-26(6)51)39(57)46-22(2)36(54)47-24(4)40(58)59/h8-11,14-15,22-25,29-31,33-35,42-43H,1,12-13,16-21H2,2-7H3,(H,44,51)(H,45,56)(H,46,57)(H,47,54)(H,48,52)(H,49,53)(H,50,55)(H,58,59)(H,60,61)/t22-,23+,24-,25-,29+,30-,31-,33-,34-,35-,42?,43+/m1/s1. The normalized spacial score (nSPS) is 22.8. The SMILES string of the molecule is C=CCO[C@H]1O[C@@H]2COC(c3ccccc3)O[C@H]2[C@H](O[C@H](C)C(=O)N[C@@H](C)C(=O)N[C@H](CCC(=O)N[C@@H](CCCCNC(C)=O)C(=O)N[C@H](C)C(=O)N[C@H](C)C(=O)O)C(=O)O)[C@H]1NC(C)=O. The van der Waals surface area contributed by atoms with E-state index in [1.165, 1.54) is 47.6 Å². The summed E-state index contributed by atoms with van der Waals surface area (Å²) in [6, 6.07) is 1.47. The summed E-state index contributed by atoms with van der Waals surface area (Å²) in [6.45, 7) is 11.9. The van der Waals surface area contributed by atoms with Gasteiger partial charge in [0.25, 0.3) is 0 Å². The van der Waals surface area contributed by atoms with Crippen LogP contribution in [0.3, 0.4) is 0 Å². The zero-order valence-corrected chi connectivity index (χ0v) is 37.9. The van der Waals surface area contributed by atoms with Gasteiger partial charge in [-0.2, -0.15) is 0 Å². The first-order valence-corrected chi connectivity index (χ1v) is 21.6. The fourth-order valence-electron chi connectivity index (χ4n) is 6.78. The van der Waals surface area contributed by atoms with Gasteiger partial charge in [0, 0.05) is 32.4 Å². The van der Waals surface area contributed by atoms with Gasteiger partial charge in [-0.15, -0.1) is 6.58 Å². The van der Waals surface area contributed by atoms with Crippen LogP contribution in [0.5, 0.6) is 0 Å². The zero-order chi connectivity index (χ0) is 49.1. The molecule has 2 heterocycles. The molecule has 0 saturated carbocycles. The van der Waals surface area contributed by atoms with Gasteiger partial charge in [-0.05, 0) is 53.4 Å². The first-order valence-electron chi connectivity index (χ1n) is 21.6. The number of rotatable bonds is 26. The van der Waals surface area contributed by atoms with Crippen LogP contribution in [0.25, 0.3) is 0 Å². The third-order valence-corrected chi connectivity index (χ3v) is 10.3. The summed E-state index contributed by atoms with van der Waals surface area (Å²) >= 11 is 0. The van der Waals surface area contributed by atoms with Gasteiger partial charge < -0.3 is 71.1 Å². The van der Waals surface area contributed by atoms with Gasteiger partial charge >= 0.3 is 11.9 Å². The number of carboxylic acid groups (broad SMARTS) is 2. The summed E-state index contributed by atoms with van der Waals surface area (Å²) in [6.07, 6.45) is -4.52. The quantitative estimate of drug-likeness (QED) is 0.0399. The van der Waals surface area contributed by atoms with Gasteiger partial charge in [0.2, 0.25) is 41.4 Å². The molecule has 66 heavy (non-hydrogen) atoms. The van der Waals surface area contributed by atoms with E-state index in [0.29, 0.717) is 18.4 Å². The van der Waals surface area contributed by atoms with Crippen LogP contribution in [0.2, 0.25) is 0 Å². The molecule has 0 aromatic heterocycles. The molecule has 23 nitrogen and oxygen atoms in total. The van der Waals surface area contributed by atoms with Crippen molar-refractivity contribution in [2.24, 2.45) is 0 Å². The highest BCUT2D eigenvalue weighted by Crippen LogP contribution is 2.36. The maximum Gasteiger partial charge on any atom is 0.326 e. The summed E-state index contributed by atoms with van der Waals surface area (Å²) in [4.78, 5) is 113. The van der Waals surface area contributed by atoms with Crippen molar-refractivity contribution in [3.8, 4) is 0 Å². The predicted molar refractivity (Wildman–Crippen MR) is 230 cm³/mol. The number of unbranched alkanes of at least 4 members (excludes halogenated alkanes) is 1. The van der Waals surface area contributed by atoms with Crippen molar-refractivity contribution in [1.82, 2.24) is 37.2 Å². The average Bonchev–Trinajstić information content (AvgIpc) is 3.26. The molecule has 0 bridgehead atoms. The molecule has 23 heteroatoms. The Labute approximate surface area is 382 Å². The predicted octanol–water partition coefficient (Wildman–Crippen LogP) is -0.954. The van der Waals surface area contributed by atoms with Crippen molar-refractivity contribution in [2.45, 2.75) is 147 Å². The van der Waals surface area contributed by atoms with Crippen LogP contribution >= 0.6 is 0 Å². The van der Waals surface area contributed by atoms with E-state index in [9.17, 15) is 48.3 Å². The van der Waals surface area contributed by atoms with Crippen LogP contribution in [0.4, 0.5) is 0 Å². The van der Waals surface area contributed by atoms with Crippen LogP contribution in [-0.2, 0) is 66.8 Å². The lowest BCUT2D eigenvalue weighted by atomic mass is 9.95. The summed E-state index contributed by atoms with van der Waals surface area (Å²) in [5.74, 6) is -7.54. The molecule has 0 spiro atoms. The van der Waals surface area contributed by atoms with Gasteiger partial charge in [-0.3, -0.25) is 38.4 Å². The largest absolute Gasteiger partial charge is 0.480 e. The number of ether oxygens (including phenoxy) is 5. The monoisotopic (exact) mass is 933 g/mol. The number of nitrogens with one attached hydrogen (secondary N) is 7. The van der Waals surface area contributed by atoms with E-state index in [4.69, 9.17) is 28.8 Å². The Morgan fingerprint density at radius 3 is 2.00 bits per heavy atom. The molecule has 0 radical (unpaired) electrons. The highest BCUT2D eigenvalue weighted by molar-refractivity contribution is 5.94. The zero-order valence-electron chi connectivity index (χ0n) is 37.9. The highest BCUT2D eigenvalue weighted by Gasteiger charge is 2.52. The third kappa shape index (κ3) is 17.4. The molecule has 0 aliphatic carbocycles. The Morgan fingerprint density at radius 2 is 1.39 bits per heavy atom. The second kappa shape index (κ2) is 26.8. The maximum absolute atomic E-state index is 13.6. The van der Waals surface area contributed by atoms with E-state index in [1.807, 2.05) is 18.2 Å². The molecule has 9 N–H and O–H groups in total.